The SMILES string of the molecule is C#C/C=N\N=C/C. The minimum absolute atomic E-state index is 1.29. The summed E-state index contributed by atoms with van der Waals surface area (Å²) in [6, 6.07) is 0. The molecule has 0 N–H and O–H groups in total. The lowest BCUT2D eigenvalue weighted by Crippen LogP contribution is -1.59. The molecule has 0 saturated heterocycles. The molecule has 0 radical (unpaired) electrons. The van der Waals surface area contributed by atoms with Crippen LogP contribution in [0.25, 0.3) is 0 Å². The standard InChI is InChI=1S/C5H6N2/c1-3-5-7-6-4-2/h1,4-5H,2H3/b6-4-,7-5-. The van der Waals surface area contributed by atoms with Crippen molar-refractivity contribution in [2.45, 2.75) is 6.92 Å². The van der Waals surface area contributed by atoms with Crippen LogP contribution in [0.5, 0.6) is 0 Å². The van der Waals surface area contributed by atoms with E-state index in [-0.39, 0.29) is 0 Å². The molecule has 36 valence electrons. The fourth-order valence-electron chi connectivity index (χ4n) is 0.133. The molecule has 2 nitrogen and oxygen atoms in total. The number of nitrogens with zero attached hydrogens (tertiary/aromatic N) is 2. The maximum absolute atomic E-state index is 4.80. The van der Waals surface area contributed by atoms with E-state index in [0.717, 1.165) is 0 Å². The van der Waals surface area contributed by atoms with Gasteiger partial charge >= 0.3 is 0 Å². The van der Waals surface area contributed by atoms with Gasteiger partial charge in [0.15, 0.2) is 0 Å². The van der Waals surface area contributed by atoms with Crippen molar-refractivity contribution in [1.29, 1.82) is 0 Å². The van der Waals surface area contributed by atoms with Gasteiger partial charge in [-0.25, -0.2) is 0 Å². The van der Waals surface area contributed by atoms with E-state index in [1.54, 1.807) is 13.1 Å². The fourth-order valence-corrected chi connectivity index (χ4v) is 0.133. The summed E-state index contributed by atoms with van der Waals surface area (Å²) in [6.45, 7) is 1.77. The van der Waals surface area contributed by atoms with Crippen LogP contribution < -0.4 is 0 Å². The molecule has 0 aliphatic heterocycles. The number of hydrogen-bond donors (Lipinski definition) is 0. The Balaban J connectivity index is 3.33. The summed E-state index contributed by atoms with van der Waals surface area (Å²) in [5, 5.41) is 6.88. The molecule has 0 aliphatic carbocycles. The zero-order chi connectivity index (χ0) is 5.54. The van der Waals surface area contributed by atoms with E-state index in [1.807, 2.05) is 0 Å². The highest BCUT2D eigenvalue weighted by molar-refractivity contribution is 5.77. The van der Waals surface area contributed by atoms with Crippen LogP contribution in [0.15, 0.2) is 10.2 Å². The first-order valence-corrected chi connectivity index (χ1v) is 1.87. The Hall–Kier alpha value is -1.10. The van der Waals surface area contributed by atoms with E-state index in [9.17, 15) is 0 Å². The Morgan fingerprint density at radius 3 is 2.71 bits per heavy atom. The summed E-state index contributed by atoms with van der Waals surface area (Å²) in [6.07, 6.45) is 7.65. The molecule has 7 heavy (non-hydrogen) atoms. The average molecular weight is 94.1 g/mol. The predicted octanol–water partition coefficient (Wildman–Crippen LogP) is 0.696. The number of terminal acetylenes is 1. The molecule has 0 bridgehead atoms. The Morgan fingerprint density at radius 1 is 1.57 bits per heavy atom. The van der Waals surface area contributed by atoms with Gasteiger partial charge in [-0.3, -0.25) is 0 Å². The molecular formula is C5H6N2. The van der Waals surface area contributed by atoms with Gasteiger partial charge in [0.2, 0.25) is 0 Å². The van der Waals surface area contributed by atoms with Gasteiger partial charge in [-0.1, -0.05) is 5.92 Å². The molecule has 2 heteroatoms. The maximum atomic E-state index is 4.80. The third-order valence-corrected chi connectivity index (χ3v) is 0.314. The Kier molecular flexibility index (Phi) is 4.13. The minimum Gasteiger partial charge on any atom is -0.163 e. The second-order valence-electron chi connectivity index (χ2n) is 0.785. The summed E-state index contributed by atoms with van der Waals surface area (Å²) in [5.41, 5.74) is 0. The quantitative estimate of drug-likeness (QED) is 0.259. The molecule has 0 unspecified atom stereocenters. The average Bonchev–Trinajstić information content (AvgIpc) is 1.69. The molecule has 0 aliphatic rings. The van der Waals surface area contributed by atoms with E-state index in [0.29, 0.717) is 0 Å². The van der Waals surface area contributed by atoms with Crippen LogP contribution in [0.1, 0.15) is 6.92 Å². The van der Waals surface area contributed by atoms with E-state index in [4.69, 9.17) is 6.42 Å². The molecule has 0 fully saturated rings. The second-order valence-corrected chi connectivity index (χ2v) is 0.785. The van der Waals surface area contributed by atoms with Crippen molar-refractivity contribution in [2.75, 3.05) is 0 Å². The zero-order valence-corrected chi connectivity index (χ0v) is 4.13. The normalized spacial score (nSPS) is 10.3. The first-order valence-electron chi connectivity index (χ1n) is 1.87. The van der Waals surface area contributed by atoms with Crippen LogP contribution in [0.4, 0.5) is 0 Å². The monoisotopic (exact) mass is 94.1 g/mol. The van der Waals surface area contributed by atoms with Crippen molar-refractivity contribution in [3.63, 3.8) is 0 Å². The van der Waals surface area contributed by atoms with Gasteiger partial charge in [0.05, 0.1) is 6.21 Å². The fraction of sp³-hybridized carbons (Fsp3) is 0.200. The van der Waals surface area contributed by atoms with Gasteiger partial charge in [-0.2, -0.15) is 10.2 Å². The molecule has 0 spiro atoms. The highest BCUT2D eigenvalue weighted by Crippen LogP contribution is 1.61. The van der Waals surface area contributed by atoms with Gasteiger partial charge in [0.25, 0.3) is 0 Å². The van der Waals surface area contributed by atoms with Gasteiger partial charge in [0, 0.05) is 6.21 Å². The predicted molar refractivity (Wildman–Crippen MR) is 31.5 cm³/mol. The molecule has 0 aromatic carbocycles. The van der Waals surface area contributed by atoms with Crippen molar-refractivity contribution in [1.82, 2.24) is 0 Å². The van der Waals surface area contributed by atoms with Crippen molar-refractivity contribution < 1.29 is 0 Å². The number of rotatable bonds is 1. The lowest BCUT2D eigenvalue weighted by molar-refractivity contribution is 1.27. The summed E-state index contributed by atoms with van der Waals surface area (Å²) in [5.74, 6) is 2.20. The van der Waals surface area contributed by atoms with E-state index >= 15 is 0 Å². The summed E-state index contributed by atoms with van der Waals surface area (Å²) in [4.78, 5) is 0. The molecule has 0 saturated carbocycles. The molecule has 0 atom stereocenters. The van der Waals surface area contributed by atoms with Crippen molar-refractivity contribution >= 4 is 12.4 Å². The van der Waals surface area contributed by atoms with E-state index in [2.05, 4.69) is 16.1 Å². The van der Waals surface area contributed by atoms with Crippen LogP contribution in [0, 0.1) is 12.3 Å². The first kappa shape index (κ1) is 5.90. The molecule has 0 amide bonds. The third kappa shape index (κ3) is 4.90. The topological polar surface area (TPSA) is 24.7 Å². The van der Waals surface area contributed by atoms with Crippen molar-refractivity contribution in [2.24, 2.45) is 10.2 Å². The minimum atomic E-state index is 1.29. The summed E-state index contributed by atoms with van der Waals surface area (Å²) >= 11 is 0. The highest BCUT2D eigenvalue weighted by Gasteiger charge is 1.52. The molecule has 0 aromatic rings. The van der Waals surface area contributed by atoms with Crippen LogP contribution in [-0.4, -0.2) is 12.4 Å². The smallest absolute Gasteiger partial charge is 0.0990 e. The van der Waals surface area contributed by atoms with E-state index in [1.165, 1.54) is 6.21 Å². The molecule has 0 heterocycles. The van der Waals surface area contributed by atoms with Crippen LogP contribution >= 0.6 is 0 Å². The Morgan fingerprint density at radius 2 is 2.29 bits per heavy atom. The summed E-state index contributed by atoms with van der Waals surface area (Å²) < 4.78 is 0. The Bertz CT molecular complexity index is 117. The van der Waals surface area contributed by atoms with Crippen molar-refractivity contribution in [3.8, 4) is 12.3 Å². The zero-order valence-electron chi connectivity index (χ0n) is 4.13. The maximum Gasteiger partial charge on any atom is 0.0990 e. The molecular weight excluding hydrogens is 88.1 g/mol. The first-order chi connectivity index (χ1) is 3.41. The Labute approximate surface area is 43.0 Å². The van der Waals surface area contributed by atoms with Gasteiger partial charge in [0.1, 0.15) is 0 Å². The highest BCUT2D eigenvalue weighted by atomic mass is 15.2. The summed E-state index contributed by atoms with van der Waals surface area (Å²) in [7, 11) is 0. The van der Waals surface area contributed by atoms with Gasteiger partial charge in [-0.05, 0) is 6.92 Å². The lowest BCUT2D eigenvalue weighted by atomic mass is 10.8. The van der Waals surface area contributed by atoms with E-state index < -0.39 is 0 Å². The van der Waals surface area contributed by atoms with Crippen LogP contribution in [0.3, 0.4) is 0 Å². The van der Waals surface area contributed by atoms with Crippen LogP contribution in [-0.2, 0) is 0 Å². The van der Waals surface area contributed by atoms with Gasteiger partial charge < -0.3 is 0 Å². The lowest BCUT2D eigenvalue weighted by Gasteiger charge is -1.64. The van der Waals surface area contributed by atoms with Gasteiger partial charge in [-0.15, -0.1) is 6.42 Å². The second kappa shape index (κ2) is 4.90. The number of hydrogen-bond acceptors (Lipinski definition) is 2. The molecule has 0 rings (SSSR count). The van der Waals surface area contributed by atoms with Crippen molar-refractivity contribution in [3.05, 3.63) is 0 Å². The third-order valence-electron chi connectivity index (χ3n) is 0.314. The largest absolute Gasteiger partial charge is 0.163 e. The molecule has 0 aromatic heterocycles. The van der Waals surface area contributed by atoms with Crippen LogP contribution in [0.2, 0.25) is 0 Å².